The molecule has 2 atom stereocenters. The summed E-state index contributed by atoms with van der Waals surface area (Å²) >= 11 is 0. The van der Waals surface area contributed by atoms with Gasteiger partial charge in [0.25, 0.3) is 0 Å². The van der Waals surface area contributed by atoms with Gasteiger partial charge >= 0.3 is 6.18 Å². The van der Waals surface area contributed by atoms with Crippen molar-refractivity contribution in [2.24, 2.45) is 5.92 Å². The number of likely N-dealkylation sites (tertiary alicyclic amines) is 1. The molecule has 0 aromatic carbocycles. The highest BCUT2D eigenvalue weighted by Gasteiger charge is 2.35. The van der Waals surface area contributed by atoms with E-state index in [1.54, 1.807) is 6.92 Å². The second-order valence-electron chi connectivity index (χ2n) is 6.17. The molecule has 2 aliphatic rings. The van der Waals surface area contributed by atoms with Gasteiger partial charge in [0.1, 0.15) is 5.25 Å². The van der Waals surface area contributed by atoms with E-state index in [9.17, 15) is 21.6 Å². The predicted octanol–water partition coefficient (Wildman–Crippen LogP) is 1.36. The summed E-state index contributed by atoms with van der Waals surface area (Å²) in [6.45, 7) is 2.27. The molecule has 0 spiro atoms. The lowest BCUT2D eigenvalue weighted by Gasteiger charge is -2.35. The van der Waals surface area contributed by atoms with Crippen LogP contribution in [0, 0.1) is 5.92 Å². The van der Waals surface area contributed by atoms with Crippen LogP contribution in [0.5, 0.6) is 0 Å². The van der Waals surface area contributed by atoms with Crippen molar-refractivity contribution in [1.82, 2.24) is 9.62 Å². The van der Waals surface area contributed by atoms with Gasteiger partial charge < -0.3 is 4.74 Å². The quantitative estimate of drug-likeness (QED) is 0.818. The summed E-state index contributed by atoms with van der Waals surface area (Å²) in [5.41, 5.74) is 0. The summed E-state index contributed by atoms with van der Waals surface area (Å²) in [5.74, 6) is 0.0709. The second-order valence-corrected chi connectivity index (χ2v) is 8.16. The number of nitrogens with one attached hydrogen (secondary N) is 1. The lowest BCUT2D eigenvalue weighted by Crippen LogP contribution is -2.47. The Morgan fingerprint density at radius 2 is 1.91 bits per heavy atom. The van der Waals surface area contributed by atoms with Crippen LogP contribution in [-0.4, -0.2) is 63.6 Å². The summed E-state index contributed by atoms with van der Waals surface area (Å²) in [4.78, 5) is 1.38. The van der Waals surface area contributed by atoms with Gasteiger partial charge in [-0.1, -0.05) is 0 Å². The fourth-order valence-electron chi connectivity index (χ4n) is 3.07. The van der Waals surface area contributed by atoms with Crippen LogP contribution < -0.4 is 4.72 Å². The Labute approximate surface area is 129 Å². The number of hydrogen-bond acceptors (Lipinski definition) is 4. The average molecular weight is 344 g/mol. The highest BCUT2D eigenvalue weighted by molar-refractivity contribution is 7.90. The van der Waals surface area contributed by atoms with Crippen LogP contribution in [0.1, 0.15) is 26.2 Å². The molecule has 2 saturated heterocycles. The molecule has 0 amide bonds. The van der Waals surface area contributed by atoms with Crippen molar-refractivity contribution >= 4 is 10.0 Å². The number of hydrogen-bond donors (Lipinski definition) is 1. The fraction of sp³-hybridized carbons (Fsp3) is 1.00. The molecule has 130 valence electrons. The highest BCUT2D eigenvalue weighted by Crippen LogP contribution is 2.25. The van der Waals surface area contributed by atoms with Crippen molar-refractivity contribution in [3.8, 4) is 0 Å². The fourth-order valence-corrected chi connectivity index (χ4v) is 4.66. The molecule has 0 bridgehead atoms. The van der Waals surface area contributed by atoms with E-state index in [0.29, 0.717) is 39.0 Å². The molecule has 0 aromatic heterocycles. The number of sulfonamides is 1. The Hall–Kier alpha value is -0.380. The standard InChI is InChI=1S/C13H23F3N2O3S/c1-10(17-22(19,20)12-4-7-21-8-12)11-2-5-18(6-3-11)9-13(14,15)16/h10-12,17H,2-9H2,1H3/t10-,12-/m1/s1. The molecular weight excluding hydrogens is 321 g/mol. The lowest BCUT2D eigenvalue weighted by atomic mass is 9.91. The van der Waals surface area contributed by atoms with Crippen LogP contribution in [0.25, 0.3) is 0 Å². The maximum Gasteiger partial charge on any atom is 0.401 e. The zero-order chi connectivity index (χ0) is 16.4. The number of piperidine rings is 1. The number of alkyl halides is 3. The first kappa shape index (κ1) is 18.0. The van der Waals surface area contributed by atoms with Crippen LogP contribution in [0.15, 0.2) is 0 Å². The van der Waals surface area contributed by atoms with Crippen LogP contribution in [0.4, 0.5) is 13.2 Å². The summed E-state index contributed by atoms with van der Waals surface area (Å²) < 4.78 is 69.2. The monoisotopic (exact) mass is 344 g/mol. The van der Waals surface area contributed by atoms with Crippen molar-refractivity contribution in [3.05, 3.63) is 0 Å². The zero-order valence-corrected chi connectivity index (χ0v) is 13.4. The summed E-state index contributed by atoms with van der Waals surface area (Å²) in [6.07, 6.45) is -2.55. The Kier molecular flexibility index (Phi) is 5.73. The normalized spacial score (nSPS) is 27.2. The molecule has 2 heterocycles. The summed E-state index contributed by atoms with van der Waals surface area (Å²) in [5, 5.41) is -0.514. The molecule has 5 nitrogen and oxygen atoms in total. The molecule has 0 radical (unpaired) electrons. The number of nitrogens with zero attached hydrogens (tertiary/aromatic N) is 1. The van der Waals surface area contributed by atoms with Crippen LogP contribution in [0.3, 0.4) is 0 Å². The van der Waals surface area contributed by atoms with Crippen LogP contribution >= 0.6 is 0 Å². The first-order chi connectivity index (χ1) is 10.2. The third-order valence-corrected chi connectivity index (χ3v) is 6.37. The molecular formula is C13H23F3N2O3S. The van der Waals surface area contributed by atoms with E-state index in [0.717, 1.165) is 0 Å². The van der Waals surface area contributed by atoms with Crippen LogP contribution in [0.2, 0.25) is 0 Å². The van der Waals surface area contributed by atoms with Gasteiger partial charge in [-0.2, -0.15) is 13.2 Å². The van der Waals surface area contributed by atoms with Gasteiger partial charge in [0.05, 0.1) is 13.2 Å². The van der Waals surface area contributed by atoms with Gasteiger partial charge in [0.2, 0.25) is 10.0 Å². The molecule has 2 aliphatic heterocycles. The molecule has 1 N–H and O–H groups in total. The van der Waals surface area contributed by atoms with E-state index < -0.39 is 28.0 Å². The van der Waals surface area contributed by atoms with Crippen LogP contribution in [-0.2, 0) is 14.8 Å². The van der Waals surface area contributed by atoms with Gasteiger partial charge in [0, 0.05) is 12.6 Å². The topological polar surface area (TPSA) is 58.6 Å². The van der Waals surface area contributed by atoms with E-state index >= 15 is 0 Å². The highest BCUT2D eigenvalue weighted by atomic mass is 32.2. The minimum atomic E-state index is -4.18. The molecule has 0 aromatic rings. The van der Waals surface area contributed by atoms with Gasteiger partial charge in [0.15, 0.2) is 0 Å². The molecule has 0 unspecified atom stereocenters. The summed E-state index contributed by atoms with van der Waals surface area (Å²) in [6, 6.07) is -0.265. The molecule has 2 fully saturated rings. The second kappa shape index (κ2) is 7.02. The predicted molar refractivity (Wildman–Crippen MR) is 76.0 cm³/mol. The van der Waals surface area contributed by atoms with Crippen molar-refractivity contribution < 1.29 is 26.3 Å². The number of halogens is 3. The smallest absolute Gasteiger partial charge is 0.380 e. The number of ether oxygens (including phenoxy) is 1. The largest absolute Gasteiger partial charge is 0.401 e. The molecule has 9 heteroatoms. The molecule has 2 rings (SSSR count). The third kappa shape index (κ3) is 5.07. The summed E-state index contributed by atoms with van der Waals surface area (Å²) in [7, 11) is -3.42. The minimum absolute atomic E-state index is 0.0709. The minimum Gasteiger partial charge on any atom is -0.380 e. The van der Waals surface area contributed by atoms with Gasteiger partial charge in [-0.3, -0.25) is 4.90 Å². The Morgan fingerprint density at radius 3 is 2.41 bits per heavy atom. The van der Waals surface area contributed by atoms with Gasteiger partial charge in [-0.25, -0.2) is 13.1 Å². The molecule has 22 heavy (non-hydrogen) atoms. The Bertz CT molecular complexity index is 456. The molecule has 0 aliphatic carbocycles. The van der Waals surface area contributed by atoms with E-state index in [2.05, 4.69) is 4.72 Å². The maximum absolute atomic E-state index is 12.3. The van der Waals surface area contributed by atoms with Crippen molar-refractivity contribution in [2.45, 2.75) is 43.7 Å². The van der Waals surface area contributed by atoms with E-state index in [4.69, 9.17) is 4.74 Å². The zero-order valence-electron chi connectivity index (χ0n) is 12.6. The first-order valence-electron chi connectivity index (χ1n) is 7.55. The van der Waals surface area contributed by atoms with E-state index in [1.165, 1.54) is 4.90 Å². The SMILES string of the molecule is C[C@@H](NS(=O)(=O)[C@@H]1CCOC1)C1CCN(CC(F)(F)F)CC1. The lowest BCUT2D eigenvalue weighted by molar-refractivity contribution is -0.148. The average Bonchev–Trinajstić information content (AvgIpc) is 2.91. The Morgan fingerprint density at radius 1 is 1.27 bits per heavy atom. The maximum atomic E-state index is 12.3. The number of rotatable bonds is 5. The van der Waals surface area contributed by atoms with Gasteiger partial charge in [-0.05, 0) is 45.2 Å². The van der Waals surface area contributed by atoms with E-state index in [1.807, 2.05) is 0 Å². The Balaban J connectivity index is 1.81. The molecule has 0 saturated carbocycles. The third-order valence-electron chi connectivity index (χ3n) is 4.42. The first-order valence-corrected chi connectivity index (χ1v) is 9.10. The van der Waals surface area contributed by atoms with E-state index in [-0.39, 0.29) is 18.6 Å². The van der Waals surface area contributed by atoms with Crippen molar-refractivity contribution in [1.29, 1.82) is 0 Å². The van der Waals surface area contributed by atoms with Gasteiger partial charge in [-0.15, -0.1) is 0 Å². The van der Waals surface area contributed by atoms with Crippen molar-refractivity contribution in [2.75, 3.05) is 32.8 Å². The van der Waals surface area contributed by atoms with Crippen molar-refractivity contribution in [3.63, 3.8) is 0 Å².